The molecule has 0 saturated heterocycles. The van der Waals surface area contributed by atoms with E-state index < -0.39 is 0 Å². The molecule has 1 fully saturated rings. The molecule has 1 aliphatic carbocycles. The van der Waals surface area contributed by atoms with Gasteiger partial charge in [-0.3, -0.25) is 4.79 Å². The molecule has 1 aromatic carbocycles. The molecule has 1 aliphatic rings. The fraction of sp³-hybridized carbons (Fsp3) is 0.611. The lowest BCUT2D eigenvalue weighted by Gasteiger charge is -2.21. The molecule has 23 heavy (non-hydrogen) atoms. The molecule has 5 heteroatoms. The lowest BCUT2D eigenvalue weighted by molar-refractivity contribution is -0.122. The van der Waals surface area contributed by atoms with E-state index in [-0.39, 0.29) is 30.3 Å². The summed E-state index contributed by atoms with van der Waals surface area (Å²) in [5, 5.41) is 3.17. The Hall–Kier alpha value is -1.26. The van der Waals surface area contributed by atoms with Gasteiger partial charge in [0, 0.05) is 12.5 Å². The molecule has 2 rings (SSSR count). The van der Waals surface area contributed by atoms with E-state index >= 15 is 0 Å². The molecule has 0 radical (unpaired) electrons. The maximum atomic E-state index is 12.2. The summed E-state index contributed by atoms with van der Waals surface area (Å²) in [6, 6.07) is 8.28. The Morgan fingerprint density at radius 3 is 2.83 bits per heavy atom. The summed E-state index contributed by atoms with van der Waals surface area (Å²) < 4.78 is 5.37. The Bertz CT molecular complexity index is 496. The summed E-state index contributed by atoms with van der Waals surface area (Å²) in [4.78, 5) is 12.2. The van der Waals surface area contributed by atoms with Gasteiger partial charge in [0.2, 0.25) is 5.91 Å². The summed E-state index contributed by atoms with van der Waals surface area (Å²) in [7, 11) is 1.68. The smallest absolute Gasteiger partial charge is 0.220 e. The average Bonchev–Trinajstić information content (AvgIpc) is 2.94. The van der Waals surface area contributed by atoms with E-state index in [4.69, 9.17) is 10.5 Å². The van der Waals surface area contributed by atoms with E-state index in [1.807, 2.05) is 18.2 Å². The van der Waals surface area contributed by atoms with Crippen LogP contribution in [-0.2, 0) is 11.2 Å². The summed E-state index contributed by atoms with van der Waals surface area (Å²) in [5.74, 6) is 1.78. The van der Waals surface area contributed by atoms with Crippen LogP contribution >= 0.6 is 12.4 Å². The number of nitrogens with two attached hydrogens (primary N) is 1. The zero-order valence-electron chi connectivity index (χ0n) is 14.1. The summed E-state index contributed by atoms with van der Waals surface area (Å²) in [6.45, 7) is 2.78. The number of nitrogens with one attached hydrogen (secondary N) is 1. The quantitative estimate of drug-likeness (QED) is 0.802. The van der Waals surface area contributed by atoms with Crippen LogP contribution in [0.5, 0.6) is 5.75 Å². The first kappa shape index (κ1) is 19.8. The molecule has 3 unspecified atom stereocenters. The normalized spacial score (nSPS) is 21.3. The number of benzene rings is 1. The summed E-state index contributed by atoms with van der Waals surface area (Å²) in [6.07, 6.45) is 4.77. The number of ether oxygens (including phenoxy) is 1. The van der Waals surface area contributed by atoms with Crippen molar-refractivity contribution in [2.45, 2.75) is 45.1 Å². The second-order valence-electron chi connectivity index (χ2n) is 6.43. The first-order valence-corrected chi connectivity index (χ1v) is 8.25. The molecule has 1 amide bonds. The average molecular weight is 341 g/mol. The van der Waals surface area contributed by atoms with Crippen LogP contribution in [0.2, 0.25) is 0 Å². The number of hydrogen-bond donors (Lipinski definition) is 2. The Kier molecular flexibility index (Phi) is 8.42. The van der Waals surface area contributed by atoms with Crippen molar-refractivity contribution in [3.63, 3.8) is 0 Å². The first-order chi connectivity index (χ1) is 10.6. The highest BCUT2D eigenvalue weighted by Crippen LogP contribution is 2.25. The van der Waals surface area contributed by atoms with Crippen LogP contribution in [0.1, 0.15) is 38.2 Å². The maximum Gasteiger partial charge on any atom is 0.220 e. The Morgan fingerprint density at radius 2 is 2.13 bits per heavy atom. The van der Waals surface area contributed by atoms with Crippen molar-refractivity contribution in [3.8, 4) is 5.75 Å². The van der Waals surface area contributed by atoms with Crippen LogP contribution < -0.4 is 15.8 Å². The fourth-order valence-electron chi connectivity index (χ4n) is 3.41. The summed E-state index contributed by atoms with van der Waals surface area (Å²) >= 11 is 0. The fourth-order valence-corrected chi connectivity index (χ4v) is 3.41. The number of methoxy groups -OCH3 is 1. The van der Waals surface area contributed by atoms with Crippen molar-refractivity contribution >= 4 is 18.3 Å². The number of carbonyl (C=O) groups is 1. The Morgan fingerprint density at radius 1 is 1.39 bits per heavy atom. The number of amides is 1. The third-order valence-corrected chi connectivity index (χ3v) is 4.60. The minimum absolute atomic E-state index is 0. The van der Waals surface area contributed by atoms with Crippen molar-refractivity contribution in [2.24, 2.45) is 17.6 Å². The second kappa shape index (κ2) is 9.78. The van der Waals surface area contributed by atoms with Crippen molar-refractivity contribution < 1.29 is 9.53 Å². The highest BCUT2D eigenvalue weighted by Gasteiger charge is 2.27. The summed E-state index contributed by atoms with van der Waals surface area (Å²) in [5.41, 5.74) is 6.93. The van der Waals surface area contributed by atoms with Crippen LogP contribution in [0, 0.1) is 11.8 Å². The van der Waals surface area contributed by atoms with Crippen molar-refractivity contribution in [1.82, 2.24) is 5.32 Å². The number of carbonyl (C=O) groups excluding carboxylic acids is 1. The molecule has 0 spiro atoms. The van der Waals surface area contributed by atoms with E-state index in [0.29, 0.717) is 18.9 Å². The van der Waals surface area contributed by atoms with Gasteiger partial charge in [-0.25, -0.2) is 0 Å². The van der Waals surface area contributed by atoms with Crippen molar-refractivity contribution in [2.75, 3.05) is 13.7 Å². The predicted molar refractivity (Wildman–Crippen MR) is 96.1 cm³/mol. The van der Waals surface area contributed by atoms with Gasteiger partial charge < -0.3 is 15.8 Å². The minimum atomic E-state index is 0. The Labute approximate surface area is 145 Å². The highest BCUT2D eigenvalue weighted by atomic mass is 35.5. The maximum absolute atomic E-state index is 12.2. The molecule has 0 heterocycles. The predicted octanol–water partition coefficient (Wildman–Crippen LogP) is 2.93. The van der Waals surface area contributed by atoms with E-state index in [1.165, 1.54) is 6.42 Å². The lowest BCUT2D eigenvalue weighted by atomic mass is 9.96. The van der Waals surface area contributed by atoms with Gasteiger partial charge in [0.1, 0.15) is 5.75 Å². The molecule has 4 nitrogen and oxygen atoms in total. The van der Waals surface area contributed by atoms with Crippen LogP contribution in [-0.4, -0.2) is 25.6 Å². The molecule has 3 atom stereocenters. The lowest BCUT2D eigenvalue weighted by Crippen LogP contribution is -2.40. The molecule has 1 saturated carbocycles. The van der Waals surface area contributed by atoms with Gasteiger partial charge in [0.05, 0.1) is 7.11 Å². The molecular formula is C18H29ClN2O2. The minimum Gasteiger partial charge on any atom is -0.496 e. The van der Waals surface area contributed by atoms with Crippen LogP contribution in [0.25, 0.3) is 0 Å². The van der Waals surface area contributed by atoms with Crippen LogP contribution in [0.4, 0.5) is 0 Å². The monoisotopic (exact) mass is 340 g/mol. The standard InChI is InChI=1S/C18H28N2O2.ClH/c1-13(10-14-6-3-4-9-17(14)22-2)11-18(21)20-16-8-5-7-15(16)12-19;/h3-4,6,9,13,15-16H,5,7-8,10-12,19H2,1-2H3,(H,20,21);1H. The second-order valence-corrected chi connectivity index (χ2v) is 6.43. The Balaban J connectivity index is 0.00000264. The molecule has 130 valence electrons. The molecule has 3 N–H and O–H groups in total. The third kappa shape index (κ3) is 5.70. The molecule has 0 aliphatic heterocycles. The SMILES string of the molecule is COc1ccccc1CC(C)CC(=O)NC1CCCC1CN.Cl. The van der Waals surface area contributed by atoms with Crippen molar-refractivity contribution in [3.05, 3.63) is 29.8 Å². The molecule has 0 aromatic heterocycles. The van der Waals surface area contributed by atoms with Gasteiger partial charge in [0.15, 0.2) is 0 Å². The van der Waals surface area contributed by atoms with Crippen LogP contribution in [0.15, 0.2) is 24.3 Å². The van der Waals surface area contributed by atoms with Gasteiger partial charge in [-0.2, -0.15) is 0 Å². The van der Waals surface area contributed by atoms with Gasteiger partial charge in [-0.15, -0.1) is 12.4 Å². The first-order valence-electron chi connectivity index (χ1n) is 8.25. The van der Waals surface area contributed by atoms with Gasteiger partial charge >= 0.3 is 0 Å². The van der Waals surface area contributed by atoms with Gasteiger partial charge in [-0.05, 0) is 49.3 Å². The zero-order valence-corrected chi connectivity index (χ0v) is 14.9. The van der Waals surface area contributed by atoms with E-state index in [0.717, 1.165) is 30.6 Å². The number of para-hydroxylation sites is 1. The third-order valence-electron chi connectivity index (χ3n) is 4.60. The van der Waals surface area contributed by atoms with Gasteiger partial charge in [0.25, 0.3) is 0 Å². The number of hydrogen-bond acceptors (Lipinski definition) is 3. The van der Waals surface area contributed by atoms with Gasteiger partial charge in [-0.1, -0.05) is 31.5 Å². The molecule has 0 bridgehead atoms. The van der Waals surface area contributed by atoms with E-state index in [9.17, 15) is 4.79 Å². The number of halogens is 1. The van der Waals surface area contributed by atoms with Crippen LogP contribution in [0.3, 0.4) is 0 Å². The largest absolute Gasteiger partial charge is 0.496 e. The zero-order chi connectivity index (χ0) is 15.9. The van der Waals surface area contributed by atoms with E-state index in [2.05, 4.69) is 18.3 Å². The van der Waals surface area contributed by atoms with Crippen molar-refractivity contribution in [1.29, 1.82) is 0 Å². The van der Waals surface area contributed by atoms with E-state index in [1.54, 1.807) is 7.11 Å². The molecular weight excluding hydrogens is 312 g/mol. The molecule has 1 aromatic rings. The topological polar surface area (TPSA) is 64.3 Å². The number of rotatable bonds is 7. The highest BCUT2D eigenvalue weighted by molar-refractivity contribution is 5.85.